The van der Waals surface area contributed by atoms with Gasteiger partial charge in [-0.3, -0.25) is 9.88 Å². The van der Waals surface area contributed by atoms with Crippen molar-refractivity contribution in [1.29, 1.82) is 0 Å². The van der Waals surface area contributed by atoms with Crippen molar-refractivity contribution in [1.82, 2.24) is 15.2 Å². The largest absolute Gasteiger partial charge is 0.316 e. The molecule has 4 heteroatoms. The number of pyridine rings is 1. The summed E-state index contributed by atoms with van der Waals surface area (Å²) in [6.07, 6.45) is 3.12. The standard InChI is InChI=1S/C12H19N3.ClH/c1-10-11(4-3-6-14-10)8-15-7-5-12(9-15)13-2;/h3-4,6,12-13H,5,7-9H2,1-2H3;1H. The summed E-state index contributed by atoms with van der Waals surface area (Å²) in [5, 5.41) is 3.34. The molecule has 2 heterocycles. The summed E-state index contributed by atoms with van der Waals surface area (Å²) in [6.45, 7) is 5.48. The highest BCUT2D eigenvalue weighted by molar-refractivity contribution is 5.85. The minimum Gasteiger partial charge on any atom is -0.316 e. The molecule has 0 aliphatic carbocycles. The summed E-state index contributed by atoms with van der Waals surface area (Å²) in [6, 6.07) is 4.87. The van der Waals surface area contributed by atoms with E-state index in [9.17, 15) is 0 Å². The second-order valence-electron chi connectivity index (χ2n) is 4.26. The lowest BCUT2D eigenvalue weighted by atomic mass is 10.2. The summed E-state index contributed by atoms with van der Waals surface area (Å²) in [4.78, 5) is 6.81. The molecule has 1 unspecified atom stereocenters. The molecule has 1 atom stereocenters. The van der Waals surface area contributed by atoms with E-state index in [1.165, 1.54) is 18.5 Å². The van der Waals surface area contributed by atoms with Crippen molar-refractivity contribution in [3.8, 4) is 0 Å². The first kappa shape index (κ1) is 13.4. The minimum absolute atomic E-state index is 0. The van der Waals surface area contributed by atoms with Crippen LogP contribution in [0.1, 0.15) is 17.7 Å². The van der Waals surface area contributed by atoms with Gasteiger partial charge in [0.1, 0.15) is 0 Å². The zero-order valence-corrected chi connectivity index (χ0v) is 10.8. The van der Waals surface area contributed by atoms with Crippen molar-refractivity contribution >= 4 is 12.4 Å². The molecular formula is C12H20ClN3. The second-order valence-corrected chi connectivity index (χ2v) is 4.26. The summed E-state index contributed by atoms with van der Waals surface area (Å²) in [5.74, 6) is 0. The van der Waals surface area contributed by atoms with Crippen molar-refractivity contribution in [2.75, 3.05) is 20.1 Å². The molecule has 1 aromatic rings. The topological polar surface area (TPSA) is 28.2 Å². The van der Waals surface area contributed by atoms with E-state index in [1.807, 2.05) is 19.3 Å². The number of rotatable bonds is 3. The lowest BCUT2D eigenvalue weighted by Gasteiger charge is -2.16. The van der Waals surface area contributed by atoms with Crippen molar-refractivity contribution in [2.45, 2.75) is 25.9 Å². The molecule has 0 aromatic carbocycles. The van der Waals surface area contributed by atoms with Gasteiger partial charge in [-0.25, -0.2) is 0 Å². The third-order valence-electron chi connectivity index (χ3n) is 3.19. The number of hydrogen-bond acceptors (Lipinski definition) is 3. The van der Waals surface area contributed by atoms with Crippen LogP contribution in [-0.2, 0) is 6.54 Å². The molecule has 0 bridgehead atoms. The first-order chi connectivity index (χ1) is 7.29. The molecule has 1 aromatic heterocycles. The Morgan fingerprint density at radius 1 is 1.56 bits per heavy atom. The molecule has 90 valence electrons. The highest BCUT2D eigenvalue weighted by atomic mass is 35.5. The van der Waals surface area contributed by atoms with Gasteiger partial charge in [0.25, 0.3) is 0 Å². The number of hydrogen-bond donors (Lipinski definition) is 1. The average Bonchev–Trinajstić information content (AvgIpc) is 2.69. The van der Waals surface area contributed by atoms with E-state index in [-0.39, 0.29) is 12.4 Å². The molecule has 16 heavy (non-hydrogen) atoms. The van der Waals surface area contributed by atoms with Gasteiger partial charge >= 0.3 is 0 Å². The van der Waals surface area contributed by atoms with Crippen LogP contribution in [-0.4, -0.2) is 36.1 Å². The first-order valence-electron chi connectivity index (χ1n) is 5.59. The summed E-state index contributed by atoms with van der Waals surface area (Å²) < 4.78 is 0. The SMILES string of the molecule is CNC1CCN(Cc2cccnc2C)C1.Cl. The Morgan fingerprint density at radius 3 is 3.00 bits per heavy atom. The molecule has 1 fully saturated rings. The average molecular weight is 242 g/mol. The zero-order chi connectivity index (χ0) is 10.7. The number of nitrogens with one attached hydrogen (secondary N) is 1. The van der Waals surface area contributed by atoms with Gasteiger partial charge in [-0.2, -0.15) is 0 Å². The Bertz CT molecular complexity index is 330. The van der Waals surface area contributed by atoms with Crippen LogP contribution in [0.25, 0.3) is 0 Å². The van der Waals surface area contributed by atoms with Gasteiger partial charge in [-0.1, -0.05) is 6.07 Å². The monoisotopic (exact) mass is 241 g/mol. The zero-order valence-electron chi connectivity index (χ0n) is 9.94. The number of aromatic nitrogens is 1. The lowest BCUT2D eigenvalue weighted by Crippen LogP contribution is -2.29. The molecule has 1 aliphatic heterocycles. The predicted molar refractivity (Wildman–Crippen MR) is 69.0 cm³/mol. The Labute approximate surface area is 104 Å². The van der Waals surface area contributed by atoms with Crippen molar-refractivity contribution < 1.29 is 0 Å². The minimum atomic E-state index is 0. The Balaban J connectivity index is 0.00000128. The van der Waals surface area contributed by atoms with Gasteiger partial charge < -0.3 is 5.32 Å². The first-order valence-corrected chi connectivity index (χ1v) is 5.59. The van der Waals surface area contributed by atoms with E-state index in [0.29, 0.717) is 6.04 Å². The third kappa shape index (κ3) is 3.17. The van der Waals surface area contributed by atoms with E-state index >= 15 is 0 Å². The van der Waals surface area contributed by atoms with E-state index < -0.39 is 0 Å². The van der Waals surface area contributed by atoms with Crippen molar-refractivity contribution in [3.05, 3.63) is 29.6 Å². The normalized spacial score (nSPS) is 20.8. The van der Waals surface area contributed by atoms with Crippen LogP contribution < -0.4 is 5.32 Å². The molecule has 1 N–H and O–H groups in total. The maximum Gasteiger partial charge on any atom is 0.0417 e. The fraction of sp³-hybridized carbons (Fsp3) is 0.583. The molecule has 0 spiro atoms. The van der Waals surface area contributed by atoms with E-state index in [1.54, 1.807) is 0 Å². The number of aryl methyl sites for hydroxylation is 1. The van der Waals surface area contributed by atoms with Gasteiger partial charge in [0, 0.05) is 37.6 Å². The molecule has 3 nitrogen and oxygen atoms in total. The number of likely N-dealkylation sites (N-methyl/N-ethyl adjacent to an activating group) is 1. The van der Waals surface area contributed by atoms with E-state index in [2.05, 4.69) is 28.2 Å². The van der Waals surface area contributed by atoms with Crippen molar-refractivity contribution in [3.63, 3.8) is 0 Å². The van der Waals surface area contributed by atoms with Crippen LogP contribution in [0, 0.1) is 6.92 Å². The Kier molecular flexibility index (Phi) is 5.19. The molecule has 1 aliphatic rings. The summed E-state index contributed by atoms with van der Waals surface area (Å²) in [7, 11) is 2.05. The Morgan fingerprint density at radius 2 is 2.38 bits per heavy atom. The van der Waals surface area contributed by atoms with E-state index in [4.69, 9.17) is 0 Å². The fourth-order valence-corrected chi connectivity index (χ4v) is 2.14. The van der Waals surface area contributed by atoms with Crippen LogP contribution in [0.5, 0.6) is 0 Å². The van der Waals surface area contributed by atoms with Gasteiger partial charge in [-0.15, -0.1) is 12.4 Å². The molecule has 0 amide bonds. The Hall–Kier alpha value is -0.640. The van der Waals surface area contributed by atoms with Gasteiger partial charge in [0.05, 0.1) is 0 Å². The predicted octanol–water partition coefficient (Wildman–Crippen LogP) is 1.61. The van der Waals surface area contributed by atoms with Crippen LogP contribution >= 0.6 is 12.4 Å². The van der Waals surface area contributed by atoms with Crippen molar-refractivity contribution in [2.24, 2.45) is 0 Å². The number of nitrogens with zero attached hydrogens (tertiary/aromatic N) is 2. The maximum atomic E-state index is 4.32. The molecule has 0 saturated carbocycles. The smallest absolute Gasteiger partial charge is 0.0417 e. The number of halogens is 1. The highest BCUT2D eigenvalue weighted by Gasteiger charge is 2.20. The molecular weight excluding hydrogens is 222 g/mol. The van der Waals surface area contributed by atoms with Crippen LogP contribution in [0.3, 0.4) is 0 Å². The molecule has 2 rings (SSSR count). The third-order valence-corrected chi connectivity index (χ3v) is 3.19. The quantitative estimate of drug-likeness (QED) is 0.872. The van der Waals surface area contributed by atoms with E-state index in [0.717, 1.165) is 18.8 Å². The fourth-order valence-electron chi connectivity index (χ4n) is 2.14. The van der Waals surface area contributed by atoms with Gasteiger partial charge in [0.15, 0.2) is 0 Å². The molecule has 1 saturated heterocycles. The lowest BCUT2D eigenvalue weighted by molar-refractivity contribution is 0.321. The van der Waals surface area contributed by atoms with Gasteiger partial charge in [-0.05, 0) is 32.0 Å². The number of likely N-dealkylation sites (tertiary alicyclic amines) is 1. The van der Waals surface area contributed by atoms with Crippen LogP contribution in [0.4, 0.5) is 0 Å². The maximum absolute atomic E-state index is 4.32. The second kappa shape index (κ2) is 6.18. The molecule has 0 radical (unpaired) electrons. The highest BCUT2D eigenvalue weighted by Crippen LogP contribution is 2.14. The van der Waals surface area contributed by atoms with Crippen LogP contribution in [0.15, 0.2) is 18.3 Å². The van der Waals surface area contributed by atoms with Crippen LogP contribution in [0.2, 0.25) is 0 Å². The summed E-state index contributed by atoms with van der Waals surface area (Å²) in [5.41, 5.74) is 2.51. The summed E-state index contributed by atoms with van der Waals surface area (Å²) >= 11 is 0. The van der Waals surface area contributed by atoms with Gasteiger partial charge in [0.2, 0.25) is 0 Å².